The minimum absolute atomic E-state index is 0.680. The zero-order valence-corrected chi connectivity index (χ0v) is 12.5. The largest absolute Gasteiger partial charge is 0.314 e. The van der Waals surface area contributed by atoms with Crippen LogP contribution in [-0.2, 0) is 0 Å². The maximum absolute atomic E-state index is 3.63. The van der Waals surface area contributed by atoms with Crippen LogP contribution in [0.5, 0.6) is 0 Å². The molecule has 0 spiro atoms. The Balaban J connectivity index is 1.85. The Kier molecular flexibility index (Phi) is 5.46. The van der Waals surface area contributed by atoms with Gasteiger partial charge in [0.05, 0.1) is 0 Å². The van der Waals surface area contributed by atoms with Gasteiger partial charge in [-0.05, 0) is 58.8 Å². The lowest BCUT2D eigenvalue weighted by molar-refractivity contribution is 0.111. The van der Waals surface area contributed by atoms with Crippen molar-refractivity contribution < 1.29 is 0 Å². The molecule has 3 heteroatoms. The summed E-state index contributed by atoms with van der Waals surface area (Å²) in [6.45, 7) is 11.0. The Hall–Kier alpha value is -0.120. The van der Waals surface area contributed by atoms with E-state index in [2.05, 4.69) is 36.0 Å². The van der Waals surface area contributed by atoms with E-state index in [-0.39, 0.29) is 0 Å². The number of likely N-dealkylation sites (N-methyl/N-ethyl adjacent to an activating group) is 1. The summed E-state index contributed by atoms with van der Waals surface area (Å²) in [7, 11) is 2.31. The van der Waals surface area contributed by atoms with Crippen LogP contribution in [0.1, 0.15) is 39.5 Å². The lowest BCUT2D eigenvalue weighted by Crippen LogP contribution is -2.49. The third-order valence-electron chi connectivity index (χ3n) is 4.65. The summed E-state index contributed by atoms with van der Waals surface area (Å²) in [4.78, 5) is 5.29. The fraction of sp³-hybridized carbons (Fsp3) is 1.00. The van der Waals surface area contributed by atoms with Gasteiger partial charge >= 0.3 is 0 Å². The molecule has 106 valence electrons. The predicted molar refractivity (Wildman–Crippen MR) is 78.0 cm³/mol. The van der Waals surface area contributed by atoms with E-state index in [1.165, 1.54) is 58.4 Å². The second-order valence-corrected chi connectivity index (χ2v) is 6.59. The van der Waals surface area contributed by atoms with Gasteiger partial charge < -0.3 is 15.1 Å². The van der Waals surface area contributed by atoms with Crippen LogP contribution in [0.4, 0.5) is 0 Å². The Morgan fingerprint density at radius 2 is 1.94 bits per heavy atom. The second-order valence-electron chi connectivity index (χ2n) is 6.59. The number of hydrogen-bond acceptors (Lipinski definition) is 3. The maximum atomic E-state index is 3.63. The molecule has 0 amide bonds. The molecule has 0 aromatic heterocycles. The first kappa shape index (κ1) is 14.3. The predicted octanol–water partition coefficient (Wildman–Crippen LogP) is 1.79. The third kappa shape index (κ3) is 4.22. The van der Waals surface area contributed by atoms with Crippen molar-refractivity contribution >= 4 is 0 Å². The number of likely N-dealkylation sites (tertiary alicyclic amines) is 1. The summed E-state index contributed by atoms with van der Waals surface area (Å²) in [5.74, 6) is 0.779. The first-order valence-corrected chi connectivity index (χ1v) is 7.81. The van der Waals surface area contributed by atoms with Crippen LogP contribution < -0.4 is 5.32 Å². The molecule has 3 nitrogen and oxygen atoms in total. The van der Waals surface area contributed by atoms with Gasteiger partial charge in [0.2, 0.25) is 0 Å². The zero-order valence-electron chi connectivity index (χ0n) is 12.5. The standard InChI is InChI=1S/C15H31N3/c1-13-10-16-14(2)7-9-18(11-13)12-15-6-4-5-8-17(15)3/h13-16H,4-12H2,1-3H3. The van der Waals surface area contributed by atoms with Crippen LogP contribution in [0.2, 0.25) is 0 Å². The molecular formula is C15H31N3. The van der Waals surface area contributed by atoms with Crippen molar-refractivity contribution in [2.75, 3.05) is 39.8 Å². The molecule has 0 aromatic carbocycles. The summed E-state index contributed by atoms with van der Waals surface area (Å²) in [5.41, 5.74) is 0. The molecule has 1 N–H and O–H groups in total. The van der Waals surface area contributed by atoms with Gasteiger partial charge in [-0.1, -0.05) is 13.3 Å². The highest BCUT2D eigenvalue weighted by Crippen LogP contribution is 2.17. The molecule has 2 saturated heterocycles. The SMILES string of the molecule is CC1CNC(C)CCN(CC2CCCCN2C)C1. The topological polar surface area (TPSA) is 18.5 Å². The molecule has 2 fully saturated rings. The zero-order chi connectivity index (χ0) is 13.0. The number of rotatable bonds is 2. The lowest BCUT2D eigenvalue weighted by atomic mass is 10.0. The Morgan fingerprint density at radius 1 is 1.11 bits per heavy atom. The van der Waals surface area contributed by atoms with Crippen LogP contribution in [0.3, 0.4) is 0 Å². The summed E-state index contributed by atoms with van der Waals surface area (Å²) in [5, 5.41) is 3.63. The minimum Gasteiger partial charge on any atom is -0.314 e. The average molecular weight is 253 g/mol. The van der Waals surface area contributed by atoms with Crippen LogP contribution in [-0.4, -0.2) is 61.7 Å². The first-order chi connectivity index (χ1) is 8.65. The highest BCUT2D eigenvalue weighted by atomic mass is 15.2. The third-order valence-corrected chi connectivity index (χ3v) is 4.65. The van der Waals surface area contributed by atoms with Crippen molar-refractivity contribution in [3.8, 4) is 0 Å². The van der Waals surface area contributed by atoms with Gasteiger partial charge in [-0.2, -0.15) is 0 Å². The highest BCUT2D eigenvalue weighted by Gasteiger charge is 2.23. The second kappa shape index (κ2) is 6.88. The molecule has 18 heavy (non-hydrogen) atoms. The average Bonchev–Trinajstić information content (AvgIpc) is 2.34. The smallest absolute Gasteiger partial charge is 0.0220 e. The van der Waals surface area contributed by atoms with E-state index in [0.717, 1.165) is 12.0 Å². The molecule has 3 unspecified atom stereocenters. The van der Waals surface area contributed by atoms with Crippen LogP contribution in [0.25, 0.3) is 0 Å². The van der Waals surface area contributed by atoms with Gasteiger partial charge in [-0.3, -0.25) is 0 Å². The fourth-order valence-electron chi connectivity index (χ4n) is 3.32. The van der Waals surface area contributed by atoms with Gasteiger partial charge in [-0.25, -0.2) is 0 Å². The minimum atomic E-state index is 0.680. The normalized spacial score (nSPS) is 37.2. The van der Waals surface area contributed by atoms with Crippen molar-refractivity contribution in [1.29, 1.82) is 0 Å². The number of nitrogens with zero attached hydrogens (tertiary/aromatic N) is 2. The van der Waals surface area contributed by atoms with E-state index in [0.29, 0.717) is 6.04 Å². The summed E-state index contributed by atoms with van der Waals surface area (Å²) in [6.07, 6.45) is 5.51. The first-order valence-electron chi connectivity index (χ1n) is 7.81. The molecule has 0 aromatic rings. The molecule has 3 atom stereocenters. The van der Waals surface area contributed by atoms with E-state index >= 15 is 0 Å². The van der Waals surface area contributed by atoms with Crippen molar-refractivity contribution in [3.63, 3.8) is 0 Å². The molecule has 2 rings (SSSR count). The molecular weight excluding hydrogens is 222 g/mol. The van der Waals surface area contributed by atoms with E-state index < -0.39 is 0 Å². The van der Waals surface area contributed by atoms with E-state index in [4.69, 9.17) is 0 Å². The van der Waals surface area contributed by atoms with Crippen LogP contribution in [0.15, 0.2) is 0 Å². The molecule has 0 radical (unpaired) electrons. The molecule has 0 bridgehead atoms. The molecule has 2 aliphatic heterocycles. The molecule has 0 aliphatic carbocycles. The van der Waals surface area contributed by atoms with E-state index in [1.54, 1.807) is 0 Å². The van der Waals surface area contributed by atoms with Crippen LogP contribution >= 0.6 is 0 Å². The number of nitrogens with one attached hydrogen (secondary N) is 1. The quantitative estimate of drug-likeness (QED) is 0.809. The Bertz CT molecular complexity index is 244. The summed E-state index contributed by atoms with van der Waals surface area (Å²) < 4.78 is 0. The fourth-order valence-corrected chi connectivity index (χ4v) is 3.32. The van der Waals surface area contributed by atoms with Gasteiger partial charge in [-0.15, -0.1) is 0 Å². The Morgan fingerprint density at radius 3 is 2.72 bits per heavy atom. The molecule has 2 heterocycles. The van der Waals surface area contributed by atoms with E-state index in [9.17, 15) is 0 Å². The maximum Gasteiger partial charge on any atom is 0.0220 e. The Labute approximate surface area is 113 Å². The van der Waals surface area contributed by atoms with Crippen molar-refractivity contribution in [3.05, 3.63) is 0 Å². The van der Waals surface area contributed by atoms with Crippen molar-refractivity contribution in [2.24, 2.45) is 5.92 Å². The van der Waals surface area contributed by atoms with Gasteiger partial charge in [0.1, 0.15) is 0 Å². The summed E-state index contributed by atoms with van der Waals surface area (Å²) in [6, 6.07) is 1.48. The van der Waals surface area contributed by atoms with Crippen molar-refractivity contribution in [1.82, 2.24) is 15.1 Å². The monoisotopic (exact) mass is 253 g/mol. The van der Waals surface area contributed by atoms with Gasteiger partial charge in [0.25, 0.3) is 0 Å². The van der Waals surface area contributed by atoms with E-state index in [1.807, 2.05) is 0 Å². The van der Waals surface area contributed by atoms with Crippen molar-refractivity contribution in [2.45, 2.75) is 51.6 Å². The number of piperidine rings is 1. The van der Waals surface area contributed by atoms with Gasteiger partial charge in [0.15, 0.2) is 0 Å². The summed E-state index contributed by atoms with van der Waals surface area (Å²) >= 11 is 0. The lowest BCUT2D eigenvalue weighted by Gasteiger charge is -2.38. The number of hydrogen-bond donors (Lipinski definition) is 1. The molecule has 2 aliphatic rings. The molecule has 0 saturated carbocycles. The van der Waals surface area contributed by atoms with Gasteiger partial charge in [0, 0.05) is 25.2 Å². The van der Waals surface area contributed by atoms with Crippen LogP contribution in [0, 0.1) is 5.92 Å². The highest BCUT2D eigenvalue weighted by molar-refractivity contribution is 4.81.